The second-order valence-corrected chi connectivity index (χ2v) is 18.1. The van der Waals surface area contributed by atoms with E-state index in [0.717, 1.165) is 32.2 Å². The van der Waals surface area contributed by atoms with Crippen molar-refractivity contribution >= 4 is 48.2 Å². The van der Waals surface area contributed by atoms with Gasteiger partial charge in [-0.2, -0.15) is 15.1 Å². The van der Waals surface area contributed by atoms with Crippen LogP contribution in [0.15, 0.2) is 30.5 Å². The third-order valence-electron chi connectivity index (χ3n) is 12.1. The van der Waals surface area contributed by atoms with Gasteiger partial charge in [0.2, 0.25) is 0 Å². The molecule has 4 saturated heterocycles. The molecule has 55 heavy (non-hydrogen) atoms. The number of rotatable bonds is 9. The molecule has 2 aromatic heterocycles. The number of sulfone groups is 1. The molecular weight excluding hydrogens is 732 g/mol. The molecule has 0 radical (unpaired) electrons. The zero-order valence-corrected chi connectivity index (χ0v) is 31.5. The van der Waals surface area contributed by atoms with Crippen LogP contribution in [-0.4, -0.2) is 118 Å². The van der Waals surface area contributed by atoms with E-state index in [1.807, 2.05) is 0 Å². The molecule has 4 aliphatic heterocycles. The van der Waals surface area contributed by atoms with Gasteiger partial charge in [0, 0.05) is 74.0 Å². The minimum atomic E-state index is -3.08. The summed E-state index contributed by atoms with van der Waals surface area (Å²) in [6.07, 6.45) is 12.2. The van der Waals surface area contributed by atoms with Gasteiger partial charge in [-0.15, -0.1) is 6.42 Å². The van der Waals surface area contributed by atoms with Crippen LogP contribution in [0.5, 0.6) is 11.8 Å². The molecule has 1 N–H and O–H groups in total. The second kappa shape index (κ2) is 13.2. The summed E-state index contributed by atoms with van der Waals surface area (Å²) < 4.78 is 79.4. The summed E-state index contributed by atoms with van der Waals surface area (Å²) in [5, 5.41) is 17.3. The molecule has 6 heterocycles. The fraction of sp³-hybridized carbons (Fsp3) is 0.475. The summed E-state index contributed by atoms with van der Waals surface area (Å²) in [6, 6.07) is 5.49. The van der Waals surface area contributed by atoms with E-state index in [1.54, 1.807) is 17.9 Å². The maximum atomic E-state index is 17.8. The first-order chi connectivity index (χ1) is 26.3. The lowest BCUT2D eigenvalue weighted by Gasteiger charge is -2.42. The van der Waals surface area contributed by atoms with Gasteiger partial charge in [-0.3, -0.25) is 14.5 Å². The molecule has 9 rings (SSSR count). The number of halogens is 3. The van der Waals surface area contributed by atoms with E-state index in [-0.39, 0.29) is 69.3 Å². The summed E-state index contributed by atoms with van der Waals surface area (Å²) in [6.45, 7) is 3.25. The molecular formula is C40H42F3N7O4S. The number of hydrogen-bond donors (Lipinski definition) is 1. The molecule has 15 heteroatoms. The number of phenolic OH excluding ortho intramolecular Hbond substituents is 1. The third kappa shape index (κ3) is 6.13. The van der Waals surface area contributed by atoms with Crippen molar-refractivity contribution in [1.82, 2.24) is 29.5 Å². The van der Waals surface area contributed by atoms with Crippen molar-refractivity contribution in [3.05, 3.63) is 47.7 Å². The van der Waals surface area contributed by atoms with Crippen LogP contribution in [0.1, 0.15) is 44.1 Å². The average molecular weight is 774 g/mol. The van der Waals surface area contributed by atoms with Crippen LogP contribution in [0.4, 0.5) is 19.0 Å². The van der Waals surface area contributed by atoms with E-state index in [4.69, 9.17) is 26.2 Å². The van der Waals surface area contributed by atoms with Crippen LogP contribution in [-0.2, 0) is 16.9 Å². The standard InChI is InChI=1S/C40H42F3N7O4S/c1-4-28-31(42)10-7-23-15-27(51)16-29(32(23)28)33-35(43)37-34(30-21-47(2)46-36(30)33)38(45-39(44-37)54-22-40-11-5-13-49(40)18-24(41)17-40)50-25-8-9-26(50)20-48(19-25)12-6-14-55(3,52)53/h1,7,10,15-16,21,24-26,51H,5-6,8-9,11-14,17-20,22H2,2-3H3/t24-,25-,26+,40+/m1/s1. The van der Waals surface area contributed by atoms with E-state index in [1.165, 1.54) is 30.5 Å². The first-order valence-electron chi connectivity index (χ1n) is 18.8. The molecule has 4 fully saturated rings. The summed E-state index contributed by atoms with van der Waals surface area (Å²) in [5.41, 5.74) is -0.179. The summed E-state index contributed by atoms with van der Waals surface area (Å²) in [7, 11) is -1.36. The number of alkyl halides is 1. The first-order valence-corrected chi connectivity index (χ1v) is 20.9. The number of piperazine rings is 1. The van der Waals surface area contributed by atoms with Crippen LogP contribution in [0.2, 0.25) is 0 Å². The Morgan fingerprint density at radius 2 is 1.87 bits per heavy atom. The number of benzene rings is 3. The topological polar surface area (TPSA) is 117 Å². The fourth-order valence-corrected chi connectivity index (χ4v) is 10.5. The zero-order chi connectivity index (χ0) is 38.4. The molecule has 2 bridgehead atoms. The van der Waals surface area contributed by atoms with E-state index in [2.05, 4.69) is 20.6 Å². The number of aromatic hydroxyl groups is 1. The number of fused-ring (bicyclic) bond motifs is 7. The predicted octanol–water partition coefficient (Wildman–Crippen LogP) is 5.34. The highest BCUT2D eigenvalue weighted by Gasteiger charge is 2.50. The highest BCUT2D eigenvalue weighted by molar-refractivity contribution is 7.90. The van der Waals surface area contributed by atoms with E-state index < -0.39 is 33.2 Å². The maximum Gasteiger partial charge on any atom is 0.319 e. The number of ether oxygens (including phenoxy) is 1. The number of likely N-dealkylation sites (tertiary alicyclic amines) is 1. The number of aromatic nitrogens is 4. The third-order valence-corrected chi connectivity index (χ3v) is 13.2. The maximum absolute atomic E-state index is 17.8. The Kier molecular flexibility index (Phi) is 8.67. The Bertz CT molecular complexity index is 2530. The van der Waals surface area contributed by atoms with Gasteiger partial charge in [-0.05, 0) is 74.3 Å². The monoisotopic (exact) mass is 773 g/mol. The fourth-order valence-electron chi connectivity index (χ4n) is 9.89. The number of hydrogen-bond acceptors (Lipinski definition) is 10. The molecule has 4 atom stereocenters. The molecule has 0 aliphatic carbocycles. The highest BCUT2D eigenvalue weighted by atomic mass is 32.2. The van der Waals surface area contributed by atoms with Crippen molar-refractivity contribution in [1.29, 1.82) is 0 Å². The number of phenols is 1. The molecule has 3 aromatic carbocycles. The molecule has 11 nitrogen and oxygen atoms in total. The van der Waals surface area contributed by atoms with Gasteiger partial charge in [-0.1, -0.05) is 12.0 Å². The van der Waals surface area contributed by atoms with Gasteiger partial charge >= 0.3 is 6.01 Å². The van der Waals surface area contributed by atoms with Crippen molar-refractivity contribution in [3.63, 3.8) is 0 Å². The summed E-state index contributed by atoms with van der Waals surface area (Å²) in [5.74, 6) is 1.46. The lowest BCUT2D eigenvalue weighted by Crippen LogP contribution is -2.54. The highest BCUT2D eigenvalue weighted by Crippen LogP contribution is 2.47. The van der Waals surface area contributed by atoms with Gasteiger partial charge in [0.05, 0.1) is 22.2 Å². The van der Waals surface area contributed by atoms with Crippen molar-refractivity contribution in [2.24, 2.45) is 7.05 Å². The van der Waals surface area contributed by atoms with Crippen LogP contribution >= 0.6 is 0 Å². The smallest absolute Gasteiger partial charge is 0.319 e. The molecule has 5 aromatic rings. The van der Waals surface area contributed by atoms with Gasteiger partial charge in [-0.25, -0.2) is 21.6 Å². The molecule has 0 saturated carbocycles. The Labute approximate surface area is 317 Å². The van der Waals surface area contributed by atoms with Crippen molar-refractivity contribution < 1.29 is 31.4 Å². The number of anilines is 1. The van der Waals surface area contributed by atoms with Crippen LogP contribution in [0.25, 0.3) is 43.7 Å². The summed E-state index contributed by atoms with van der Waals surface area (Å²) >= 11 is 0. The largest absolute Gasteiger partial charge is 0.508 e. The molecule has 0 spiro atoms. The molecule has 288 valence electrons. The van der Waals surface area contributed by atoms with Gasteiger partial charge in [0.1, 0.15) is 51.0 Å². The van der Waals surface area contributed by atoms with Crippen molar-refractivity contribution in [3.8, 4) is 35.2 Å². The minimum absolute atomic E-state index is 0.000357. The second-order valence-electron chi connectivity index (χ2n) is 15.9. The Morgan fingerprint density at radius 3 is 2.62 bits per heavy atom. The van der Waals surface area contributed by atoms with Crippen LogP contribution < -0.4 is 9.64 Å². The van der Waals surface area contributed by atoms with Crippen LogP contribution in [0.3, 0.4) is 0 Å². The Balaban J connectivity index is 1.23. The van der Waals surface area contributed by atoms with E-state index in [0.29, 0.717) is 61.0 Å². The molecule has 4 aliphatic rings. The first kappa shape index (κ1) is 36.0. The quantitative estimate of drug-likeness (QED) is 0.197. The lowest BCUT2D eigenvalue weighted by molar-refractivity contribution is 0.107. The van der Waals surface area contributed by atoms with Gasteiger partial charge in [0.15, 0.2) is 5.82 Å². The Hall–Kier alpha value is -4.65. The van der Waals surface area contributed by atoms with Crippen molar-refractivity contribution in [2.45, 2.75) is 62.3 Å². The predicted molar refractivity (Wildman–Crippen MR) is 205 cm³/mol. The summed E-state index contributed by atoms with van der Waals surface area (Å²) in [4.78, 5) is 16.5. The van der Waals surface area contributed by atoms with Crippen LogP contribution in [0, 0.1) is 24.0 Å². The van der Waals surface area contributed by atoms with Gasteiger partial charge in [0.25, 0.3) is 0 Å². The average Bonchev–Trinajstić information content (AvgIpc) is 3.85. The van der Waals surface area contributed by atoms with Crippen molar-refractivity contribution in [2.75, 3.05) is 56.2 Å². The van der Waals surface area contributed by atoms with Gasteiger partial charge < -0.3 is 14.7 Å². The Morgan fingerprint density at radius 1 is 1.09 bits per heavy atom. The SMILES string of the molecule is C#Cc1c(F)ccc2cc(O)cc(-c3c(F)c4nc(OC[C@@]56CCCN5C[C@H](F)C6)nc(N5[C@@H]6CC[C@H]5CN(CCCS(C)(=O)=O)C6)c4c4cn(C)nc34)c12. The molecule has 0 amide bonds. The minimum Gasteiger partial charge on any atom is -0.508 e. The number of nitrogens with zero attached hydrogens (tertiary/aromatic N) is 7. The lowest BCUT2D eigenvalue weighted by atomic mass is 9.91. The number of aryl methyl sites for hydroxylation is 1. The van der Waals surface area contributed by atoms with E-state index in [9.17, 15) is 17.9 Å². The number of terminal acetylenes is 1. The molecule has 0 unspecified atom stereocenters. The van der Waals surface area contributed by atoms with E-state index >= 15 is 8.78 Å². The zero-order valence-electron chi connectivity index (χ0n) is 30.7. The normalized spacial score (nSPS) is 24.4.